The highest BCUT2D eigenvalue weighted by atomic mass is 32.2. The standard InChI is InChI=1S/C27H22OS.C26H22O2S2.C17H18OS.C16H18O2S2.C15H14OS.C14H14O2S2/c1-19-13-14-22(17-24(19)20-9-5-3-6-10-20)27(28)23-15-16-26(29-2)25(18-23)21-11-7-4-8-12-21;1-19-13-14-22(17-24(19)20-9-5-3-6-10-20)30(27,28)23-15-16-26(29-2)25(18-23)21-11-7-4-8-12-21;1-11-5-6-14(9-12(11)2)17(18)15-7-8-16(19-4)13(3)10-15;1-11-5-6-14(9-12(11)2)20(17,18)15-7-8-16(19-4)13(3)10-15;1-11-3-5-12(6-4-11)15(16)13-7-9-14(17-2)10-8-13;1-11-3-7-13(8-4-11)18(15,16)14-9-5-12(17-2)6-10-14/h3-18H,1-2H3;3-18H,1-2H3;5-10H,1-4H3;5-10H,1-4H3;3-10H,1-2H3;3-10H,1-2H3. The van der Waals surface area contributed by atoms with Crippen molar-refractivity contribution in [3.8, 4) is 44.5 Å². The van der Waals surface area contributed by atoms with Crippen molar-refractivity contribution in [2.24, 2.45) is 0 Å². The zero-order valence-electron chi connectivity index (χ0n) is 77.5. The quantitative estimate of drug-likeness (QED) is 0.0467. The summed E-state index contributed by atoms with van der Waals surface area (Å²) >= 11 is 9.90. The van der Waals surface area contributed by atoms with Gasteiger partial charge in [0.05, 0.1) is 29.4 Å². The van der Waals surface area contributed by atoms with Gasteiger partial charge in [-0.15, -0.1) is 70.6 Å². The fourth-order valence-corrected chi connectivity index (χ4v) is 21.6. The first-order valence-electron chi connectivity index (χ1n) is 42.8. The van der Waals surface area contributed by atoms with E-state index in [1.165, 1.54) is 25.8 Å². The van der Waals surface area contributed by atoms with E-state index in [4.69, 9.17) is 0 Å². The first-order valence-corrected chi connectivity index (χ1v) is 54.6. The Balaban J connectivity index is 0.000000156. The van der Waals surface area contributed by atoms with E-state index in [9.17, 15) is 39.6 Å². The number of aryl methyl sites for hydroxylation is 10. The van der Waals surface area contributed by atoms with E-state index < -0.39 is 29.5 Å². The summed E-state index contributed by atoms with van der Waals surface area (Å²) in [6.07, 6.45) is 12.1. The lowest BCUT2D eigenvalue weighted by Crippen LogP contribution is -2.03. The van der Waals surface area contributed by atoms with E-state index in [1.54, 1.807) is 143 Å². The van der Waals surface area contributed by atoms with Crippen molar-refractivity contribution in [3.05, 3.63) is 453 Å². The number of ketones is 3. The van der Waals surface area contributed by atoms with Crippen LogP contribution in [0.25, 0.3) is 44.5 Å². The highest BCUT2D eigenvalue weighted by Crippen LogP contribution is 2.39. The molecule has 0 fully saturated rings. The fraction of sp³-hybridized carbons (Fsp3) is 0.139. The zero-order valence-corrected chi connectivity index (χ0v) is 84.8. The highest BCUT2D eigenvalue weighted by molar-refractivity contribution is 8.00. The lowest BCUT2D eigenvalue weighted by atomic mass is 9.93. The second-order valence-corrected chi connectivity index (χ2v) is 42.7. The number of carbonyl (C=O) groups excluding carboxylic acids is 3. The van der Waals surface area contributed by atoms with Gasteiger partial charge >= 0.3 is 0 Å². The summed E-state index contributed by atoms with van der Waals surface area (Å²) in [6, 6.07) is 115. The van der Waals surface area contributed by atoms with Crippen molar-refractivity contribution in [1.29, 1.82) is 0 Å². The molecule has 133 heavy (non-hydrogen) atoms. The molecule has 16 aromatic rings. The van der Waals surface area contributed by atoms with Crippen LogP contribution in [0.2, 0.25) is 0 Å². The van der Waals surface area contributed by atoms with Crippen molar-refractivity contribution in [2.75, 3.05) is 37.5 Å². The van der Waals surface area contributed by atoms with Crippen molar-refractivity contribution in [1.82, 2.24) is 0 Å². The van der Waals surface area contributed by atoms with Gasteiger partial charge in [0.1, 0.15) is 0 Å². The van der Waals surface area contributed by atoms with Crippen molar-refractivity contribution in [2.45, 2.75) is 128 Å². The minimum Gasteiger partial charge on any atom is -0.289 e. The van der Waals surface area contributed by atoms with Crippen LogP contribution >= 0.6 is 70.6 Å². The lowest BCUT2D eigenvalue weighted by Gasteiger charge is -2.13. The second kappa shape index (κ2) is 47.9. The summed E-state index contributed by atoms with van der Waals surface area (Å²) in [5.74, 6) is 0.225. The Labute approximate surface area is 812 Å². The molecule has 0 saturated carbocycles. The number of carbonyl (C=O) groups is 3. The Kier molecular flexibility index (Phi) is 36.7. The van der Waals surface area contributed by atoms with Crippen LogP contribution in [0.3, 0.4) is 0 Å². The van der Waals surface area contributed by atoms with Crippen LogP contribution < -0.4 is 0 Å². The molecule has 0 saturated heterocycles. The van der Waals surface area contributed by atoms with Crippen molar-refractivity contribution in [3.63, 3.8) is 0 Å². The van der Waals surface area contributed by atoms with E-state index in [-0.39, 0.29) is 17.3 Å². The Morgan fingerprint density at radius 1 is 0.188 bits per heavy atom. The molecule has 676 valence electrons. The molecule has 18 heteroatoms. The van der Waals surface area contributed by atoms with Gasteiger partial charge in [0.2, 0.25) is 29.5 Å². The summed E-state index contributed by atoms with van der Waals surface area (Å²) in [5, 5.41) is 0. The Morgan fingerprint density at radius 3 is 0.827 bits per heavy atom. The van der Waals surface area contributed by atoms with Crippen molar-refractivity contribution < 1.29 is 39.6 Å². The third kappa shape index (κ3) is 26.5. The maximum Gasteiger partial charge on any atom is 0.206 e. The Bertz CT molecular complexity index is 7120. The van der Waals surface area contributed by atoms with E-state index in [0.29, 0.717) is 40.5 Å². The predicted octanol–water partition coefficient (Wildman–Crippen LogP) is 30.4. The number of hydrogen-bond donors (Lipinski definition) is 0. The molecule has 0 unspecified atom stereocenters. The Hall–Kier alpha value is -11.5. The molecule has 16 aromatic carbocycles. The van der Waals surface area contributed by atoms with Crippen LogP contribution in [-0.2, 0) is 29.5 Å². The molecule has 0 amide bonds. The molecular formula is C115H108O9S9. The van der Waals surface area contributed by atoms with Gasteiger partial charge in [0.15, 0.2) is 17.3 Å². The van der Waals surface area contributed by atoms with Gasteiger partial charge in [-0.3, -0.25) is 14.4 Å². The molecule has 0 heterocycles. The molecular weight excluding hydrogens is 1810 g/mol. The summed E-state index contributed by atoms with van der Waals surface area (Å²) in [6.45, 7) is 20.0. The molecule has 16 rings (SSSR count). The van der Waals surface area contributed by atoms with E-state index in [1.807, 2.05) is 354 Å². The molecule has 0 aliphatic carbocycles. The molecule has 0 atom stereocenters. The van der Waals surface area contributed by atoms with Crippen LogP contribution in [0, 0.1) is 69.2 Å². The van der Waals surface area contributed by atoms with Gasteiger partial charge in [-0.05, 0) is 366 Å². The maximum atomic E-state index is 13.5. The van der Waals surface area contributed by atoms with Crippen LogP contribution in [0.15, 0.2) is 423 Å². The molecule has 0 aromatic heterocycles. The van der Waals surface area contributed by atoms with E-state index in [2.05, 4.69) is 44.4 Å². The third-order valence-corrected chi connectivity index (χ3v) is 32.7. The zero-order chi connectivity index (χ0) is 95.7. The third-order valence-electron chi connectivity index (χ3n) is 22.6. The minimum atomic E-state index is -3.65. The van der Waals surface area contributed by atoms with Gasteiger partial charge in [-0.25, -0.2) is 25.3 Å². The summed E-state index contributed by atoms with van der Waals surface area (Å²) in [7, 11) is -10.5. The molecule has 0 spiro atoms. The topological polar surface area (TPSA) is 154 Å². The molecule has 0 bridgehead atoms. The predicted molar refractivity (Wildman–Crippen MR) is 564 cm³/mol. The summed E-state index contributed by atoms with van der Waals surface area (Å²) in [5.41, 5.74) is 23.8. The molecule has 0 radical (unpaired) electrons. The Morgan fingerprint density at radius 2 is 0.429 bits per heavy atom. The van der Waals surface area contributed by atoms with Gasteiger partial charge in [-0.2, -0.15) is 0 Å². The van der Waals surface area contributed by atoms with Gasteiger partial charge in [-0.1, -0.05) is 205 Å². The first-order chi connectivity index (χ1) is 63.8. The molecule has 0 N–H and O–H groups in total. The van der Waals surface area contributed by atoms with Crippen LogP contribution in [0.4, 0.5) is 0 Å². The number of sulfone groups is 3. The molecule has 0 aliphatic heterocycles. The fourth-order valence-electron chi connectivity index (χ4n) is 14.4. The van der Waals surface area contributed by atoms with Crippen LogP contribution in [0.1, 0.15) is 103 Å². The van der Waals surface area contributed by atoms with Gasteiger partial charge in [0.25, 0.3) is 0 Å². The number of rotatable bonds is 22. The smallest absolute Gasteiger partial charge is 0.206 e. The number of hydrogen-bond acceptors (Lipinski definition) is 15. The molecule has 9 nitrogen and oxygen atoms in total. The average molecular weight is 1920 g/mol. The largest absolute Gasteiger partial charge is 0.289 e. The average Bonchev–Trinajstić information content (AvgIpc) is 0.775. The first kappa shape index (κ1) is 102. The van der Waals surface area contributed by atoms with Crippen molar-refractivity contribution >= 4 is 117 Å². The summed E-state index contributed by atoms with van der Waals surface area (Å²) < 4.78 is 77.0. The van der Waals surface area contributed by atoms with Gasteiger partial charge < -0.3 is 0 Å². The van der Waals surface area contributed by atoms with E-state index in [0.717, 1.165) is 126 Å². The number of benzene rings is 16. The lowest BCUT2D eigenvalue weighted by molar-refractivity contribution is 0.103. The minimum absolute atomic E-state index is 0.0482. The highest BCUT2D eigenvalue weighted by Gasteiger charge is 2.25. The summed E-state index contributed by atoms with van der Waals surface area (Å²) in [4.78, 5) is 46.7. The van der Waals surface area contributed by atoms with Gasteiger partial charge in [0, 0.05) is 62.8 Å². The SMILES string of the molecule is CSc1ccc(C(=O)c2ccc(C)c(-c3ccccc3)c2)cc1-c1ccccc1.CSc1ccc(C(=O)c2ccc(C)c(C)c2)cc1C.CSc1ccc(C(=O)c2ccc(C)cc2)cc1.CSc1ccc(S(=O)(=O)c2ccc(C)c(-c3ccccc3)c2)cc1-c1ccccc1.CSc1ccc(S(=O)(=O)c2ccc(C)c(C)c2)cc1C.CSc1ccc(S(=O)(=O)c2ccc(C)cc2)cc1. The van der Waals surface area contributed by atoms with Crippen LogP contribution in [-0.4, -0.2) is 80.1 Å². The second-order valence-electron chi connectivity index (χ2n) is 31.7. The maximum absolute atomic E-state index is 13.5. The monoisotopic (exact) mass is 1920 g/mol. The normalized spacial score (nSPS) is 11.0. The van der Waals surface area contributed by atoms with Crippen LogP contribution in [0.5, 0.6) is 0 Å². The van der Waals surface area contributed by atoms with E-state index >= 15 is 0 Å². The number of thioether (sulfide) groups is 6. The molecule has 0 aliphatic rings.